The molecule has 2 N–H and O–H groups in total. The van der Waals surface area contributed by atoms with E-state index in [0.717, 1.165) is 28.2 Å². The molecule has 0 unspecified atom stereocenters. The molecule has 1 aromatic heterocycles. The summed E-state index contributed by atoms with van der Waals surface area (Å²) >= 11 is 0. The van der Waals surface area contributed by atoms with E-state index in [1.54, 1.807) is 42.3 Å². The number of anilines is 4. The number of hydrogen-bond acceptors (Lipinski definition) is 4. The van der Waals surface area contributed by atoms with Crippen molar-refractivity contribution >= 4 is 34.6 Å². The highest BCUT2D eigenvalue weighted by atomic mass is 16.2. The molecule has 0 atom stereocenters. The van der Waals surface area contributed by atoms with Crippen LogP contribution in [0, 0.1) is 13.8 Å². The highest BCUT2D eigenvalue weighted by Gasteiger charge is 2.25. The van der Waals surface area contributed by atoms with Gasteiger partial charge in [0.2, 0.25) is 0 Å². The molecule has 2 amide bonds. The Morgan fingerprint density at radius 2 is 1.65 bits per heavy atom. The number of nitrogens with zero attached hydrogens (tertiary/aromatic N) is 2. The van der Waals surface area contributed by atoms with Crippen molar-refractivity contribution in [3.63, 3.8) is 0 Å². The summed E-state index contributed by atoms with van der Waals surface area (Å²) in [5.41, 5.74) is 6.93. The summed E-state index contributed by atoms with van der Waals surface area (Å²) in [5, 5.41) is 6.37. The average Bonchev–Trinajstić information content (AvgIpc) is 3.01. The Bertz CT molecular complexity index is 1410. The van der Waals surface area contributed by atoms with Gasteiger partial charge in [-0.15, -0.1) is 0 Å². The normalized spacial score (nSPS) is 12.1. The van der Waals surface area contributed by atoms with Crippen LogP contribution >= 0.6 is 0 Å². The maximum Gasteiger partial charge on any atom is 0.258 e. The first-order valence-electron chi connectivity index (χ1n) is 11.1. The number of nitrogens with one attached hydrogen (secondary N) is 2. The van der Waals surface area contributed by atoms with Gasteiger partial charge in [-0.2, -0.15) is 0 Å². The molecular weight excluding hydrogens is 424 g/mol. The third-order valence-electron chi connectivity index (χ3n) is 6.02. The van der Waals surface area contributed by atoms with E-state index < -0.39 is 0 Å². The van der Waals surface area contributed by atoms with Gasteiger partial charge in [0.15, 0.2) is 0 Å². The van der Waals surface area contributed by atoms with E-state index in [-0.39, 0.29) is 11.8 Å². The van der Waals surface area contributed by atoms with Gasteiger partial charge >= 0.3 is 0 Å². The number of para-hydroxylation sites is 3. The fourth-order valence-corrected chi connectivity index (χ4v) is 4.23. The molecular formula is C28H24N4O2. The van der Waals surface area contributed by atoms with Crippen molar-refractivity contribution in [3.8, 4) is 0 Å². The second-order valence-electron chi connectivity index (χ2n) is 8.31. The first-order chi connectivity index (χ1) is 16.5. The zero-order valence-corrected chi connectivity index (χ0v) is 19.0. The number of benzene rings is 3. The summed E-state index contributed by atoms with van der Waals surface area (Å²) < 4.78 is 0. The SMILES string of the molecule is Cc1cc(NC(=O)c2cccnc2C)ccc1C(=O)N1Cc2ccccc2Nc2ccccc21. The lowest BCUT2D eigenvalue weighted by molar-refractivity contribution is 0.0983. The maximum atomic E-state index is 13.7. The third kappa shape index (κ3) is 4.01. The number of carbonyl (C=O) groups is 2. The van der Waals surface area contributed by atoms with Crippen LogP contribution in [0.5, 0.6) is 0 Å². The lowest BCUT2D eigenvalue weighted by Crippen LogP contribution is -2.30. The van der Waals surface area contributed by atoms with Crippen LogP contribution in [0.3, 0.4) is 0 Å². The number of aromatic nitrogens is 1. The Kier molecular flexibility index (Phi) is 5.55. The van der Waals surface area contributed by atoms with Gasteiger partial charge in [0.05, 0.1) is 23.5 Å². The van der Waals surface area contributed by atoms with Gasteiger partial charge in [-0.25, -0.2) is 0 Å². The van der Waals surface area contributed by atoms with Crippen molar-refractivity contribution in [2.45, 2.75) is 20.4 Å². The second-order valence-corrected chi connectivity index (χ2v) is 8.31. The van der Waals surface area contributed by atoms with Crippen LogP contribution in [-0.4, -0.2) is 16.8 Å². The predicted molar refractivity (Wildman–Crippen MR) is 135 cm³/mol. The molecule has 3 aromatic carbocycles. The summed E-state index contributed by atoms with van der Waals surface area (Å²) in [5.74, 6) is -0.322. The van der Waals surface area contributed by atoms with Crippen molar-refractivity contribution in [1.29, 1.82) is 0 Å². The van der Waals surface area contributed by atoms with Gasteiger partial charge in [-0.1, -0.05) is 30.3 Å². The number of amides is 2. The average molecular weight is 449 g/mol. The first kappa shape index (κ1) is 21.4. The van der Waals surface area contributed by atoms with Crippen LogP contribution in [0.1, 0.15) is 37.5 Å². The zero-order chi connectivity index (χ0) is 23.7. The number of fused-ring (bicyclic) bond motifs is 2. The fourth-order valence-electron chi connectivity index (χ4n) is 4.23. The fraction of sp³-hybridized carbons (Fsp3) is 0.107. The predicted octanol–water partition coefficient (Wildman–Crippen LogP) is 5.85. The van der Waals surface area contributed by atoms with Crippen molar-refractivity contribution in [2.75, 3.05) is 15.5 Å². The van der Waals surface area contributed by atoms with Crippen LogP contribution in [-0.2, 0) is 6.54 Å². The largest absolute Gasteiger partial charge is 0.354 e. The van der Waals surface area contributed by atoms with Gasteiger partial charge in [0.1, 0.15) is 0 Å². The van der Waals surface area contributed by atoms with E-state index in [4.69, 9.17) is 0 Å². The lowest BCUT2D eigenvalue weighted by Gasteiger charge is -2.24. The zero-order valence-electron chi connectivity index (χ0n) is 19.0. The number of aryl methyl sites for hydroxylation is 2. The molecule has 1 aliphatic heterocycles. The van der Waals surface area contributed by atoms with Gasteiger partial charge in [0.25, 0.3) is 11.8 Å². The molecule has 6 heteroatoms. The van der Waals surface area contributed by atoms with E-state index >= 15 is 0 Å². The van der Waals surface area contributed by atoms with Crippen LogP contribution in [0.15, 0.2) is 85.1 Å². The van der Waals surface area contributed by atoms with Crippen molar-refractivity contribution in [3.05, 3.63) is 113 Å². The molecule has 6 nitrogen and oxygen atoms in total. The topological polar surface area (TPSA) is 74.3 Å². The van der Waals surface area contributed by atoms with Crippen molar-refractivity contribution in [2.24, 2.45) is 0 Å². The molecule has 0 saturated heterocycles. The molecule has 5 rings (SSSR count). The Morgan fingerprint density at radius 1 is 0.882 bits per heavy atom. The molecule has 0 aliphatic carbocycles. The lowest BCUT2D eigenvalue weighted by atomic mass is 10.0. The van der Waals surface area contributed by atoms with Crippen LogP contribution in [0.2, 0.25) is 0 Å². The molecule has 0 bridgehead atoms. The molecule has 2 heterocycles. The molecule has 0 radical (unpaired) electrons. The summed E-state index contributed by atoms with van der Waals surface area (Å²) in [4.78, 5) is 32.4. The minimum Gasteiger partial charge on any atom is -0.354 e. The number of hydrogen-bond donors (Lipinski definition) is 2. The third-order valence-corrected chi connectivity index (χ3v) is 6.02. The molecule has 0 spiro atoms. The van der Waals surface area contributed by atoms with Crippen molar-refractivity contribution < 1.29 is 9.59 Å². The van der Waals surface area contributed by atoms with Crippen LogP contribution in [0.25, 0.3) is 0 Å². The minimum atomic E-state index is -0.229. The van der Waals surface area contributed by atoms with Crippen LogP contribution < -0.4 is 15.5 Å². The smallest absolute Gasteiger partial charge is 0.258 e. The summed E-state index contributed by atoms with van der Waals surface area (Å²) in [6.07, 6.45) is 1.66. The quantitative estimate of drug-likeness (QED) is 0.412. The highest BCUT2D eigenvalue weighted by Crippen LogP contribution is 2.36. The Labute approximate surface area is 198 Å². The van der Waals surface area contributed by atoms with Gasteiger partial charge in [-0.3, -0.25) is 14.6 Å². The maximum absolute atomic E-state index is 13.7. The van der Waals surface area contributed by atoms with Gasteiger partial charge in [-0.05, 0) is 73.5 Å². The molecule has 4 aromatic rings. The van der Waals surface area contributed by atoms with Gasteiger partial charge < -0.3 is 15.5 Å². The molecule has 1 aliphatic rings. The van der Waals surface area contributed by atoms with E-state index in [2.05, 4.69) is 15.6 Å². The molecule has 34 heavy (non-hydrogen) atoms. The van der Waals surface area contributed by atoms with Gasteiger partial charge in [0, 0.05) is 28.8 Å². The van der Waals surface area contributed by atoms with E-state index in [9.17, 15) is 9.59 Å². The summed E-state index contributed by atoms with van der Waals surface area (Å²) in [6, 6.07) is 24.7. The monoisotopic (exact) mass is 448 g/mol. The van der Waals surface area contributed by atoms with E-state index in [1.165, 1.54) is 0 Å². The highest BCUT2D eigenvalue weighted by molar-refractivity contribution is 6.10. The molecule has 168 valence electrons. The van der Waals surface area contributed by atoms with Crippen molar-refractivity contribution in [1.82, 2.24) is 4.98 Å². The Balaban J connectivity index is 1.45. The Hall–Kier alpha value is -4.45. The number of carbonyl (C=O) groups excluding carboxylic acids is 2. The second kappa shape index (κ2) is 8.83. The number of rotatable bonds is 3. The first-order valence-corrected chi connectivity index (χ1v) is 11.1. The summed E-state index contributed by atoms with van der Waals surface area (Å²) in [6.45, 7) is 4.14. The molecule has 0 saturated carbocycles. The standard InChI is InChI=1S/C28H24N4O2/c1-18-16-21(30-27(33)23-9-7-15-29-19(23)2)13-14-22(18)28(34)32-17-20-8-3-4-10-24(20)31-25-11-5-6-12-26(25)32/h3-16,31H,17H2,1-2H3,(H,30,33). The summed E-state index contributed by atoms with van der Waals surface area (Å²) in [7, 11) is 0. The van der Waals surface area contributed by atoms with E-state index in [1.807, 2.05) is 61.5 Å². The number of pyridine rings is 1. The van der Waals surface area contributed by atoms with E-state index in [0.29, 0.717) is 29.1 Å². The van der Waals surface area contributed by atoms with Crippen LogP contribution in [0.4, 0.5) is 22.7 Å². The minimum absolute atomic E-state index is 0.0931. The Morgan fingerprint density at radius 3 is 2.44 bits per heavy atom. The molecule has 0 fully saturated rings.